The molecule has 1 amide bonds. The molecule has 0 aromatic heterocycles. The average Bonchev–Trinajstić information content (AvgIpc) is 3.10. The predicted molar refractivity (Wildman–Crippen MR) is 90.7 cm³/mol. The van der Waals surface area contributed by atoms with Crippen LogP contribution in [0.5, 0.6) is 5.75 Å². The second kappa shape index (κ2) is 7.00. The molecule has 0 unspecified atom stereocenters. The van der Waals surface area contributed by atoms with Gasteiger partial charge in [0.2, 0.25) is 0 Å². The van der Waals surface area contributed by atoms with Crippen LogP contribution in [-0.2, 0) is 6.18 Å². The van der Waals surface area contributed by atoms with Gasteiger partial charge in [0.15, 0.2) is 0 Å². The summed E-state index contributed by atoms with van der Waals surface area (Å²) in [7, 11) is 1.53. The molecule has 1 aliphatic rings. The number of ether oxygens (including phenoxy) is 1. The minimum atomic E-state index is -4.36. The van der Waals surface area contributed by atoms with E-state index in [0.717, 1.165) is 17.9 Å². The Morgan fingerprint density at radius 2 is 1.92 bits per heavy atom. The molecule has 2 aromatic carbocycles. The molecule has 0 N–H and O–H groups in total. The molecule has 132 valence electrons. The van der Waals surface area contributed by atoms with E-state index in [1.54, 1.807) is 40.9 Å². The van der Waals surface area contributed by atoms with Crippen LogP contribution >= 0.6 is 11.8 Å². The van der Waals surface area contributed by atoms with Gasteiger partial charge in [-0.25, -0.2) is 0 Å². The zero-order valence-electron chi connectivity index (χ0n) is 13.4. The lowest BCUT2D eigenvalue weighted by molar-refractivity contribution is -0.137. The zero-order chi connectivity index (χ0) is 18.0. The molecule has 0 radical (unpaired) electrons. The second-order valence-electron chi connectivity index (χ2n) is 5.57. The van der Waals surface area contributed by atoms with Crippen LogP contribution in [0.4, 0.5) is 13.2 Å². The van der Waals surface area contributed by atoms with Gasteiger partial charge in [-0.2, -0.15) is 13.2 Å². The van der Waals surface area contributed by atoms with Crippen molar-refractivity contribution in [2.24, 2.45) is 0 Å². The van der Waals surface area contributed by atoms with Crippen LogP contribution in [0.3, 0.4) is 0 Å². The Labute approximate surface area is 147 Å². The number of hydrogen-bond donors (Lipinski definition) is 0. The van der Waals surface area contributed by atoms with Crippen molar-refractivity contribution >= 4 is 17.7 Å². The maximum Gasteiger partial charge on any atom is 0.416 e. The van der Waals surface area contributed by atoms with Gasteiger partial charge in [-0.15, -0.1) is 11.8 Å². The Bertz CT molecular complexity index is 762. The summed E-state index contributed by atoms with van der Waals surface area (Å²) < 4.78 is 43.3. The lowest BCUT2D eigenvalue weighted by Crippen LogP contribution is -2.30. The number of carbonyl (C=O) groups excluding carboxylic acids is 1. The summed E-state index contributed by atoms with van der Waals surface area (Å²) in [5.74, 6) is 1.17. The van der Waals surface area contributed by atoms with Crippen LogP contribution in [0.15, 0.2) is 48.5 Å². The van der Waals surface area contributed by atoms with Gasteiger partial charge >= 0.3 is 6.18 Å². The first-order valence-corrected chi connectivity index (χ1v) is 8.69. The largest absolute Gasteiger partial charge is 0.497 e. The Balaban J connectivity index is 1.83. The topological polar surface area (TPSA) is 29.5 Å². The van der Waals surface area contributed by atoms with Crippen molar-refractivity contribution in [2.75, 3.05) is 19.4 Å². The first-order chi connectivity index (χ1) is 11.9. The van der Waals surface area contributed by atoms with Crippen LogP contribution in [0.25, 0.3) is 0 Å². The summed E-state index contributed by atoms with van der Waals surface area (Å²) in [5.41, 5.74) is 0.496. The van der Waals surface area contributed by atoms with Gasteiger partial charge in [0, 0.05) is 17.9 Å². The Morgan fingerprint density at radius 3 is 2.56 bits per heavy atom. The standard InChI is InChI=1S/C18H16F3NO2S/c1-24-15-4-2-3-13(11-15)16(23)22-9-10-25-17(22)12-5-7-14(8-6-12)18(19,20)21/h2-8,11,17H,9-10H2,1H3/t17-/m1/s1. The summed E-state index contributed by atoms with van der Waals surface area (Å²) in [6.07, 6.45) is -4.36. The molecule has 25 heavy (non-hydrogen) atoms. The molecule has 3 rings (SSSR count). The number of amides is 1. The molecule has 1 aliphatic heterocycles. The molecule has 1 atom stereocenters. The fraction of sp³-hybridized carbons (Fsp3) is 0.278. The van der Waals surface area contributed by atoms with Crippen molar-refractivity contribution in [3.8, 4) is 5.75 Å². The van der Waals surface area contributed by atoms with E-state index >= 15 is 0 Å². The summed E-state index contributed by atoms with van der Waals surface area (Å²) in [4.78, 5) is 14.5. The highest BCUT2D eigenvalue weighted by Gasteiger charge is 2.33. The van der Waals surface area contributed by atoms with Crippen molar-refractivity contribution < 1.29 is 22.7 Å². The summed E-state index contributed by atoms with van der Waals surface area (Å²) in [6, 6.07) is 11.9. The summed E-state index contributed by atoms with van der Waals surface area (Å²) in [6.45, 7) is 0.548. The van der Waals surface area contributed by atoms with E-state index < -0.39 is 11.7 Å². The van der Waals surface area contributed by atoms with Crippen LogP contribution in [-0.4, -0.2) is 30.2 Å². The molecule has 7 heteroatoms. The molecule has 1 saturated heterocycles. The minimum absolute atomic E-state index is 0.159. The van der Waals surface area contributed by atoms with E-state index in [2.05, 4.69) is 0 Å². The van der Waals surface area contributed by atoms with Gasteiger partial charge in [0.05, 0.1) is 12.7 Å². The summed E-state index contributed by atoms with van der Waals surface area (Å²) in [5, 5.41) is -0.291. The third kappa shape index (κ3) is 3.76. The van der Waals surface area contributed by atoms with Crippen LogP contribution in [0.2, 0.25) is 0 Å². The number of halogens is 3. The first-order valence-electron chi connectivity index (χ1n) is 7.64. The monoisotopic (exact) mass is 367 g/mol. The lowest BCUT2D eigenvalue weighted by atomic mass is 10.1. The molecule has 2 aromatic rings. The number of nitrogens with zero attached hydrogens (tertiary/aromatic N) is 1. The first kappa shape index (κ1) is 17.7. The Hall–Kier alpha value is -2.15. The van der Waals surface area contributed by atoms with Crippen molar-refractivity contribution in [1.29, 1.82) is 0 Å². The van der Waals surface area contributed by atoms with E-state index in [4.69, 9.17) is 4.74 Å². The second-order valence-corrected chi connectivity index (χ2v) is 6.76. The average molecular weight is 367 g/mol. The van der Waals surface area contributed by atoms with Crippen molar-refractivity contribution in [2.45, 2.75) is 11.6 Å². The molecule has 0 spiro atoms. The van der Waals surface area contributed by atoms with Crippen molar-refractivity contribution in [1.82, 2.24) is 4.90 Å². The molecule has 1 fully saturated rings. The molecule has 0 bridgehead atoms. The lowest BCUT2D eigenvalue weighted by Gasteiger charge is -2.24. The van der Waals surface area contributed by atoms with Crippen LogP contribution in [0.1, 0.15) is 26.9 Å². The predicted octanol–water partition coefficient (Wildman–Crippen LogP) is 4.60. The van der Waals surface area contributed by atoms with E-state index in [1.807, 2.05) is 0 Å². The Kier molecular flexibility index (Phi) is 4.94. The SMILES string of the molecule is COc1cccc(C(=O)N2CCS[C@@H]2c2ccc(C(F)(F)F)cc2)c1. The van der Waals surface area contributed by atoms with E-state index in [9.17, 15) is 18.0 Å². The highest BCUT2D eigenvalue weighted by molar-refractivity contribution is 7.99. The van der Waals surface area contributed by atoms with Gasteiger partial charge in [-0.1, -0.05) is 18.2 Å². The maximum absolute atomic E-state index is 12.8. The van der Waals surface area contributed by atoms with Gasteiger partial charge in [0.1, 0.15) is 11.1 Å². The molecule has 1 heterocycles. The highest BCUT2D eigenvalue weighted by atomic mass is 32.2. The third-order valence-electron chi connectivity index (χ3n) is 3.99. The molecule has 0 saturated carbocycles. The quantitative estimate of drug-likeness (QED) is 0.794. The van der Waals surface area contributed by atoms with Crippen molar-refractivity contribution in [3.05, 3.63) is 65.2 Å². The fourth-order valence-corrected chi connectivity index (χ4v) is 3.97. The van der Waals surface area contributed by atoms with Crippen LogP contribution < -0.4 is 4.74 Å². The summed E-state index contributed by atoms with van der Waals surface area (Å²) >= 11 is 1.54. The molecule has 0 aliphatic carbocycles. The van der Waals surface area contributed by atoms with Gasteiger partial charge in [-0.05, 0) is 35.9 Å². The maximum atomic E-state index is 12.8. The molecule has 3 nitrogen and oxygen atoms in total. The van der Waals surface area contributed by atoms with E-state index in [0.29, 0.717) is 23.4 Å². The van der Waals surface area contributed by atoms with Crippen LogP contribution in [0, 0.1) is 0 Å². The highest BCUT2D eigenvalue weighted by Crippen LogP contribution is 2.40. The number of alkyl halides is 3. The smallest absolute Gasteiger partial charge is 0.416 e. The number of benzene rings is 2. The van der Waals surface area contributed by atoms with Gasteiger partial charge < -0.3 is 9.64 Å². The van der Waals surface area contributed by atoms with Crippen molar-refractivity contribution in [3.63, 3.8) is 0 Å². The number of methoxy groups -OCH3 is 1. The van der Waals surface area contributed by atoms with E-state index in [-0.39, 0.29) is 11.3 Å². The van der Waals surface area contributed by atoms with Gasteiger partial charge in [-0.3, -0.25) is 4.79 Å². The molecular weight excluding hydrogens is 351 g/mol. The Morgan fingerprint density at radius 1 is 1.20 bits per heavy atom. The van der Waals surface area contributed by atoms with Gasteiger partial charge in [0.25, 0.3) is 5.91 Å². The fourth-order valence-electron chi connectivity index (χ4n) is 2.71. The number of carbonyl (C=O) groups is 1. The number of rotatable bonds is 3. The normalized spacial score (nSPS) is 17.6. The third-order valence-corrected chi connectivity index (χ3v) is 5.25. The minimum Gasteiger partial charge on any atom is -0.497 e. The number of thioether (sulfide) groups is 1. The zero-order valence-corrected chi connectivity index (χ0v) is 14.2. The van der Waals surface area contributed by atoms with E-state index in [1.165, 1.54) is 19.2 Å². The molecular formula is C18H16F3NO2S. The number of hydrogen-bond acceptors (Lipinski definition) is 3.